The molecule has 0 unspecified atom stereocenters. The molecule has 1 aromatic carbocycles. The minimum Gasteiger partial charge on any atom is -0.515 e. The molecule has 0 atom stereocenters. The lowest BCUT2D eigenvalue weighted by molar-refractivity contribution is 0.104. The molecule has 0 heterocycles. The van der Waals surface area contributed by atoms with Gasteiger partial charge in [-0.25, -0.2) is 0 Å². The van der Waals surface area contributed by atoms with Gasteiger partial charge in [0.15, 0.2) is 5.78 Å². The molecule has 0 saturated carbocycles. The monoisotopic (exact) mass is 176 g/mol. The van der Waals surface area contributed by atoms with Crippen LogP contribution in [0.4, 0.5) is 0 Å². The summed E-state index contributed by atoms with van der Waals surface area (Å²) in [4.78, 5) is 11.3. The highest BCUT2D eigenvalue weighted by Crippen LogP contribution is 2.10. The third-order valence-corrected chi connectivity index (χ3v) is 2.02. The van der Waals surface area contributed by atoms with Crippen LogP contribution in [-0.4, -0.2) is 10.9 Å². The van der Waals surface area contributed by atoms with E-state index in [0.29, 0.717) is 5.56 Å². The second kappa shape index (κ2) is 3.90. The molecule has 2 heteroatoms. The number of benzene rings is 1. The average molecular weight is 176 g/mol. The summed E-state index contributed by atoms with van der Waals surface area (Å²) in [6.45, 7) is 3.94. The van der Waals surface area contributed by atoms with Crippen LogP contribution >= 0.6 is 0 Å². The topological polar surface area (TPSA) is 37.3 Å². The SMILES string of the molecule is Cc1ccc(C(=O)C=CO)cc1C. The summed E-state index contributed by atoms with van der Waals surface area (Å²) in [5.41, 5.74) is 2.84. The third kappa shape index (κ3) is 2.18. The lowest BCUT2D eigenvalue weighted by atomic mass is 10.0. The Morgan fingerprint density at radius 2 is 2.00 bits per heavy atom. The van der Waals surface area contributed by atoms with Crippen molar-refractivity contribution in [1.29, 1.82) is 0 Å². The molecule has 13 heavy (non-hydrogen) atoms. The van der Waals surface area contributed by atoms with Crippen molar-refractivity contribution in [1.82, 2.24) is 0 Å². The molecule has 0 amide bonds. The van der Waals surface area contributed by atoms with Crippen molar-refractivity contribution in [3.05, 3.63) is 47.2 Å². The van der Waals surface area contributed by atoms with Crippen LogP contribution in [0.5, 0.6) is 0 Å². The van der Waals surface area contributed by atoms with E-state index in [1.807, 2.05) is 26.0 Å². The molecule has 0 aliphatic heterocycles. The largest absolute Gasteiger partial charge is 0.515 e. The Balaban J connectivity index is 3.04. The molecule has 0 aromatic heterocycles. The second-order valence-corrected chi connectivity index (χ2v) is 2.98. The highest BCUT2D eigenvalue weighted by molar-refractivity contribution is 6.04. The van der Waals surface area contributed by atoms with Gasteiger partial charge in [-0.15, -0.1) is 0 Å². The van der Waals surface area contributed by atoms with Gasteiger partial charge < -0.3 is 5.11 Å². The van der Waals surface area contributed by atoms with Crippen LogP contribution in [0, 0.1) is 13.8 Å². The van der Waals surface area contributed by atoms with Gasteiger partial charge in [-0.3, -0.25) is 4.79 Å². The van der Waals surface area contributed by atoms with Gasteiger partial charge in [0, 0.05) is 11.6 Å². The Hall–Kier alpha value is -1.57. The molecule has 1 rings (SSSR count). The first-order valence-corrected chi connectivity index (χ1v) is 4.07. The fourth-order valence-corrected chi connectivity index (χ4v) is 1.06. The summed E-state index contributed by atoms with van der Waals surface area (Å²) in [5, 5.41) is 8.42. The molecular formula is C11H12O2. The van der Waals surface area contributed by atoms with Crippen LogP contribution in [0.2, 0.25) is 0 Å². The summed E-state index contributed by atoms with van der Waals surface area (Å²) in [6.07, 6.45) is 1.90. The van der Waals surface area contributed by atoms with Gasteiger partial charge >= 0.3 is 0 Å². The van der Waals surface area contributed by atoms with Crippen molar-refractivity contribution in [2.45, 2.75) is 13.8 Å². The van der Waals surface area contributed by atoms with Crippen molar-refractivity contribution in [3.8, 4) is 0 Å². The van der Waals surface area contributed by atoms with Gasteiger partial charge in [-0.1, -0.05) is 12.1 Å². The number of ketones is 1. The fourth-order valence-electron chi connectivity index (χ4n) is 1.06. The van der Waals surface area contributed by atoms with Gasteiger partial charge in [0.1, 0.15) is 0 Å². The molecule has 0 aliphatic carbocycles. The zero-order valence-corrected chi connectivity index (χ0v) is 7.74. The van der Waals surface area contributed by atoms with Crippen LogP contribution in [-0.2, 0) is 0 Å². The van der Waals surface area contributed by atoms with Gasteiger partial charge in [0.05, 0.1) is 6.26 Å². The van der Waals surface area contributed by atoms with E-state index in [9.17, 15) is 4.79 Å². The predicted octanol–water partition coefficient (Wildman–Crippen LogP) is 2.56. The lowest BCUT2D eigenvalue weighted by Crippen LogP contribution is -1.95. The maximum Gasteiger partial charge on any atom is 0.188 e. The van der Waals surface area contributed by atoms with E-state index in [1.165, 1.54) is 0 Å². The first-order chi connectivity index (χ1) is 6.15. The zero-order chi connectivity index (χ0) is 9.84. The normalized spacial score (nSPS) is 10.6. The number of aliphatic hydroxyl groups is 1. The van der Waals surface area contributed by atoms with Crippen LogP contribution in [0.1, 0.15) is 21.5 Å². The fraction of sp³-hybridized carbons (Fsp3) is 0.182. The number of rotatable bonds is 2. The summed E-state index contributed by atoms with van der Waals surface area (Å²) in [6, 6.07) is 5.47. The van der Waals surface area contributed by atoms with E-state index in [4.69, 9.17) is 5.11 Å². The van der Waals surface area contributed by atoms with Gasteiger partial charge in [0.25, 0.3) is 0 Å². The summed E-state index contributed by atoms with van der Waals surface area (Å²) in [5.74, 6) is -0.175. The Morgan fingerprint density at radius 3 is 2.54 bits per heavy atom. The molecule has 0 aliphatic rings. The number of carbonyl (C=O) groups excluding carboxylic acids is 1. The molecule has 0 saturated heterocycles. The molecule has 1 N–H and O–H groups in total. The Bertz CT molecular complexity index is 351. The van der Waals surface area contributed by atoms with Crippen molar-refractivity contribution < 1.29 is 9.90 Å². The van der Waals surface area contributed by atoms with Crippen molar-refractivity contribution >= 4 is 5.78 Å². The van der Waals surface area contributed by atoms with Crippen molar-refractivity contribution in [2.24, 2.45) is 0 Å². The molecule has 0 fully saturated rings. The van der Waals surface area contributed by atoms with E-state index < -0.39 is 0 Å². The molecule has 0 radical (unpaired) electrons. The van der Waals surface area contributed by atoms with Crippen LogP contribution in [0.3, 0.4) is 0 Å². The zero-order valence-electron chi connectivity index (χ0n) is 7.74. The van der Waals surface area contributed by atoms with Crippen LogP contribution < -0.4 is 0 Å². The summed E-state index contributed by atoms with van der Waals surface area (Å²) < 4.78 is 0. The van der Waals surface area contributed by atoms with E-state index in [0.717, 1.165) is 23.5 Å². The molecule has 0 bridgehead atoms. The van der Waals surface area contributed by atoms with Gasteiger partial charge in [-0.05, 0) is 31.0 Å². The summed E-state index contributed by atoms with van der Waals surface area (Å²) >= 11 is 0. The number of carbonyl (C=O) groups is 1. The first-order valence-electron chi connectivity index (χ1n) is 4.07. The van der Waals surface area contributed by atoms with Crippen LogP contribution in [0.15, 0.2) is 30.5 Å². The van der Waals surface area contributed by atoms with Gasteiger partial charge in [-0.2, -0.15) is 0 Å². The van der Waals surface area contributed by atoms with Crippen molar-refractivity contribution in [2.75, 3.05) is 0 Å². The Morgan fingerprint density at radius 1 is 1.31 bits per heavy atom. The maximum absolute atomic E-state index is 11.3. The average Bonchev–Trinajstić information content (AvgIpc) is 2.10. The smallest absolute Gasteiger partial charge is 0.188 e. The number of aryl methyl sites for hydroxylation is 2. The third-order valence-electron chi connectivity index (χ3n) is 2.02. The minimum atomic E-state index is -0.175. The Kier molecular flexibility index (Phi) is 2.85. The van der Waals surface area contributed by atoms with E-state index in [1.54, 1.807) is 6.07 Å². The second-order valence-electron chi connectivity index (χ2n) is 2.98. The van der Waals surface area contributed by atoms with Crippen molar-refractivity contribution in [3.63, 3.8) is 0 Å². The highest BCUT2D eigenvalue weighted by atomic mass is 16.2. The quantitative estimate of drug-likeness (QED) is 0.427. The van der Waals surface area contributed by atoms with E-state index in [2.05, 4.69) is 0 Å². The number of aliphatic hydroxyl groups excluding tert-OH is 1. The van der Waals surface area contributed by atoms with E-state index in [-0.39, 0.29) is 5.78 Å². The standard InChI is InChI=1S/C11H12O2/c1-8-3-4-10(7-9(8)2)11(13)5-6-12/h3-7,12H,1-2H3. The van der Waals surface area contributed by atoms with E-state index >= 15 is 0 Å². The highest BCUT2D eigenvalue weighted by Gasteiger charge is 2.02. The first kappa shape index (κ1) is 9.52. The Labute approximate surface area is 77.5 Å². The summed E-state index contributed by atoms with van der Waals surface area (Å²) in [7, 11) is 0. The molecule has 1 aromatic rings. The number of hydrogen-bond acceptors (Lipinski definition) is 2. The number of hydrogen-bond donors (Lipinski definition) is 1. The van der Waals surface area contributed by atoms with Crippen LogP contribution in [0.25, 0.3) is 0 Å². The lowest BCUT2D eigenvalue weighted by Gasteiger charge is -2.01. The van der Waals surface area contributed by atoms with Gasteiger partial charge in [0.2, 0.25) is 0 Å². The molecule has 0 spiro atoms. The predicted molar refractivity (Wildman–Crippen MR) is 52.0 cm³/mol. The molecule has 68 valence electrons. The molecular weight excluding hydrogens is 164 g/mol. The maximum atomic E-state index is 11.3. The minimum absolute atomic E-state index is 0.175. The number of allylic oxidation sites excluding steroid dienone is 1. The molecule has 2 nitrogen and oxygen atoms in total.